The van der Waals surface area contributed by atoms with E-state index in [0.29, 0.717) is 13.0 Å². The first-order valence-corrected chi connectivity index (χ1v) is 8.46. The summed E-state index contributed by atoms with van der Waals surface area (Å²) in [6.07, 6.45) is -0.0904. The molecule has 0 aromatic heterocycles. The van der Waals surface area contributed by atoms with E-state index in [1.165, 1.54) is 0 Å². The molecule has 3 aromatic carbocycles. The predicted molar refractivity (Wildman–Crippen MR) is 108 cm³/mol. The van der Waals surface area contributed by atoms with Crippen LogP contribution in [-0.4, -0.2) is 11.2 Å². The van der Waals surface area contributed by atoms with Gasteiger partial charge in [-0.1, -0.05) is 72.8 Å². The number of halogens is 1. The Labute approximate surface area is 160 Å². The van der Waals surface area contributed by atoms with E-state index in [9.17, 15) is 5.11 Å². The Morgan fingerprint density at radius 1 is 0.769 bits per heavy atom. The molecule has 0 heterocycles. The summed E-state index contributed by atoms with van der Waals surface area (Å²) in [5, 5.41) is 10.4. The Hall–Kier alpha value is -2.33. The molecule has 0 bridgehead atoms. The number of aliphatic hydroxyl groups excluding tert-OH is 1. The highest BCUT2D eigenvalue weighted by Crippen LogP contribution is 2.21. The lowest BCUT2D eigenvalue weighted by atomic mass is 9.97. The molecule has 3 rings (SSSR count). The van der Waals surface area contributed by atoms with Crippen LogP contribution >= 0.6 is 12.4 Å². The van der Waals surface area contributed by atoms with Crippen LogP contribution in [0.2, 0.25) is 0 Å². The molecule has 26 heavy (non-hydrogen) atoms. The predicted octanol–water partition coefficient (Wildman–Crippen LogP) is 4.29. The molecule has 0 unspecified atom stereocenters. The number of hydrogen-bond acceptors (Lipinski definition) is 3. The van der Waals surface area contributed by atoms with Crippen LogP contribution in [0.5, 0.6) is 5.75 Å². The zero-order chi connectivity index (χ0) is 17.5. The molecule has 2 atom stereocenters. The van der Waals surface area contributed by atoms with Gasteiger partial charge in [-0.25, -0.2) is 0 Å². The third-order valence-corrected chi connectivity index (χ3v) is 4.22. The highest BCUT2D eigenvalue weighted by atomic mass is 35.5. The highest BCUT2D eigenvalue weighted by Gasteiger charge is 2.17. The lowest BCUT2D eigenvalue weighted by molar-refractivity contribution is 0.145. The molecule has 0 aliphatic rings. The van der Waals surface area contributed by atoms with Crippen molar-refractivity contribution in [3.8, 4) is 5.75 Å². The van der Waals surface area contributed by atoms with E-state index in [1.807, 2.05) is 84.9 Å². The van der Waals surface area contributed by atoms with E-state index in [1.54, 1.807) is 0 Å². The summed E-state index contributed by atoms with van der Waals surface area (Å²) in [6, 6.07) is 27.1. The molecular weight excluding hydrogens is 346 g/mol. The Bertz CT molecular complexity index is 763. The third kappa shape index (κ3) is 5.60. The average molecular weight is 370 g/mol. The van der Waals surface area contributed by atoms with Gasteiger partial charge in [0.1, 0.15) is 12.4 Å². The molecule has 3 nitrogen and oxygen atoms in total. The van der Waals surface area contributed by atoms with E-state index in [0.717, 1.165) is 22.4 Å². The molecule has 0 spiro atoms. The molecule has 3 N–H and O–H groups in total. The Morgan fingerprint density at radius 2 is 1.31 bits per heavy atom. The molecule has 0 saturated carbocycles. The minimum absolute atomic E-state index is 0. The van der Waals surface area contributed by atoms with Gasteiger partial charge in [0.25, 0.3) is 0 Å². The van der Waals surface area contributed by atoms with E-state index in [2.05, 4.69) is 0 Å². The third-order valence-electron chi connectivity index (χ3n) is 4.22. The van der Waals surface area contributed by atoms with Crippen molar-refractivity contribution in [2.75, 3.05) is 0 Å². The zero-order valence-electron chi connectivity index (χ0n) is 14.5. The van der Waals surface area contributed by atoms with Gasteiger partial charge in [0.15, 0.2) is 0 Å². The van der Waals surface area contributed by atoms with Gasteiger partial charge in [0, 0.05) is 6.42 Å². The molecule has 4 heteroatoms. The SMILES string of the molecule is Cl.N[C@H](c1ccc(OCc2ccccc2)cc1)[C@@H](O)Cc1ccccc1. The normalized spacial score (nSPS) is 12.7. The van der Waals surface area contributed by atoms with Crippen molar-refractivity contribution in [1.82, 2.24) is 0 Å². The van der Waals surface area contributed by atoms with Crippen LogP contribution in [0.1, 0.15) is 22.7 Å². The fourth-order valence-electron chi connectivity index (χ4n) is 2.73. The van der Waals surface area contributed by atoms with Crippen molar-refractivity contribution in [2.45, 2.75) is 25.2 Å². The Morgan fingerprint density at radius 3 is 1.88 bits per heavy atom. The van der Waals surface area contributed by atoms with Crippen LogP contribution in [-0.2, 0) is 13.0 Å². The summed E-state index contributed by atoms with van der Waals surface area (Å²) in [6.45, 7) is 0.531. The van der Waals surface area contributed by atoms with Crippen LogP contribution in [0.4, 0.5) is 0 Å². The van der Waals surface area contributed by atoms with Gasteiger partial charge in [0.05, 0.1) is 12.1 Å². The summed E-state index contributed by atoms with van der Waals surface area (Å²) in [5.74, 6) is 0.789. The fourth-order valence-corrected chi connectivity index (χ4v) is 2.73. The van der Waals surface area contributed by atoms with Crippen molar-refractivity contribution < 1.29 is 9.84 Å². The molecule has 0 aliphatic carbocycles. The molecule has 0 saturated heterocycles. The number of benzene rings is 3. The smallest absolute Gasteiger partial charge is 0.119 e. The summed E-state index contributed by atoms with van der Waals surface area (Å²) in [5.41, 5.74) is 9.31. The topological polar surface area (TPSA) is 55.5 Å². The van der Waals surface area contributed by atoms with E-state index in [-0.39, 0.29) is 12.4 Å². The van der Waals surface area contributed by atoms with E-state index < -0.39 is 12.1 Å². The molecule has 0 aliphatic heterocycles. The minimum Gasteiger partial charge on any atom is -0.489 e. The van der Waals surface area contributed by atoms with Crippen molar-refractivity contribution in [2.24, 2.45) is 5.73 Å². The summed E-state index contributed by atoms with van der Waals surface area (Å²) >= 11 is 0. The first-order chi connectivity index (χ1) is 12.2. The molecular formula is C22H24ClNO2. The highest BCUT2D eigenvalue weighted by molar-refractivity contribution is 5.85. The van der Waals surface area contributed by atoms with Crippen LogP contribution in [0.15, 0.2) is 84.9 Å². The second kappa shape index (κ2) is 9.97. The quantitative estimate of drug-likeness (QED) is 0.653. The van der Waals surface area contributed by atoms with E-state index >= 15 is 0 Å². The summed E-state index contributed by atoms with van der Waals surface area (Å²) < 4.78 is 5.78. The maximum absolute atomic E-state index is 10.4. The lowest BCUT2D eigenvalue weighted by Gasteiger charge is -2.19. The van der Waals surface area contributed by atoms with Gasteiger partial charge in [-0.05, 0) is 28.8 Å². The Balaban J connectivity index is 0.00000243. The standard InChI is InChI=1S/C22H23NO2.ClH/c23-22(21(24)15-17-7-3-1-4-8-17)19-11-13-20(14-12-19)25-16-18-9-5-2-6-10-18;/h1-14,21-22,24H,15-16,23H2;1H/t21-,22+;/m0./s1. The maximum atomic E-state index is 10.4. The molecule has 136 valence electrons. The second-order valence-electron chi connectivity index (χ2n) is 6.13. The van der Waals surface area contributed by atoms with Gasteiger partial charge in [0.2, 0.25) is 0 Å². The minimum atomic E-state index is -0.626. The number of rotatable bonds is 7. The maximum Gasteiger partial charge on any atom is 0.119 e. The Kier molecular flexibility index (Phi) is 7.67. The van der Waals surface area contributed by atoms with Crippen molar-refractivity contribution in [1.29, 1.82) is 0 Å². The average Bonchev–Trinajstić information content (AvgIpc) is 2.68. The van der Waals surface area contributed by atoms with Gasteiger partial charge in [-0.15, -0.1) is 12.4 Å². The van der Waals surface area contributed by atoms with Crippen molar-refractivity contribution in [3.05, 3.63) is 102 Å². The molecule has 3 aromatic rings. The molecule has 0 radical (unpaired) electrons. The van der Waals surface area contributed by atoms with Gasteiger partial charge >= 0.3 is 0 Å². The number of hydrogen-bond donors (Lipinski definition) is 2. The largest absolute Gasteiger partial charge is 0.489 e. The summed E-state index contributed by atoms with van der Waals surface area (Å²) in [7, 11) is 0. The second-order valence-corrected chi connectivity index (χ2v) is 6.13. The van der Waals surface area contributed by atoms with Crippen molar-refractivity contribution >= 4 is 12.4 Å². The van der Waals surface area contributed by atoms with E-state index in [4.69, 9.17) is 10.5 Å². The zero-order valence-corrected chi connectivity index (χ0v) is 15.3. The van der Waals surface area contributed by atoms with Crippen LogP contribution in [0.3, 0.4) is 0 Å². The first kappa shape index (κ1) is 20.0. The van der Waals surface area contributed by atoms with Gasteiger partial charge in [-0.2, -0.15) is 0 Å². The monoisotopic (exact) mass is 369 g/mol. The fraction of sp³-hybridized carbons (Fsp3) is 0.182. The first-order valence-electron chi connectivity index (χ1n) is 8.46. The molecule has 0 fully saturated rings. The van der Waals surface area contributed by atoms with Crippen LogP contribution < -0.4 is 10.5 Å². The number of aliphatic hydroxyl groups is 1. The lowest BCUT2D eigenvalue weighted by Crippen LogP contribution is -2.28. The number of nitrogens with two attached hydrogens (primary N) is 1. The van der Waals surface area contributed by atoms with Crippen molar-refractivity contribution in [3.63, 3.8) is 0 Å². The number of ether oxygens (including phenoxy) is 1. The van der Waals surface area contributed by atoms with Gasteiger partial charge in [-0.3, -0.25) is 0 Å². The van der Waals surface area contributed by atoms with Crippen LogP contribution in [0, 0.1) is 0 Å². The summed E-state index contributed by atoms with van der Waals surface area (Å²) in [4.78, 5) is 0. The molecule has 0 amide bonds. The van der Waals surface area contributed by atoms with Crippen LogP contribution in [0.25, 0.3) is 0 Å². The van der Waals surface area contributed by atoms with Gasteiger partial charge < -0.3 is 15.6 Å².